The van der Waals surface area contributed by atoms with Gasteiger partial charge in [-0.15, -0.1) is 0 Å². The van der Waals surface area contributed by atoms with E-state index >= 15 is 0 Å². The van der Waals surface area contributed by atoms with Crippen LogP contribution in [0.1, 0.15) is 66.2 Å². The van der Waals surface area contributed by atoms with Gasteiger partial charge >= 0.3 is 0 Å². The van der Waals surface area contributed by atoms with Gasteiger partial charge in [0.25, 0.3) is 0 Å². The molecule has 0 nitrogen and oxygen atoms in total. The molecule has 2 aliphatic carbocycles. The van der Waals surface area contributed by atoms with E-state index in [-0.39, 0.29) is 0 Å². The maximum Gasteiger partial charge on any atom is -0.0266 e. The van der Waals surface area contributed by atoms with Gasteiger partial charge in [0.2, 0.25) is 0 Å². The molecule has 2 fully saturated rings. The van der Waals surface area contributed by atoms with Crippen LogP contribution in [0, 0.1) is 22.7 Å². The molecule has 0 aromatic rings. The van der Waals surface area contributed by atoms with E-state index in [1.54, 1.807) is 6.42 Å². The van der Waals surface area contributed by atoms with E-state index in [0.29, 0.717) is 0 Å². The summed E-state index contributed by atoms with van der Waals surface area (Å²) in [5.41, 5.74) is 1.52. The van der Waals surface area contributed by atoms with Gasteiger partial charge < -0.3 is 0 Å². The zero-order valence-corrected chi connectivity index (χ0v) is 10.4. The molecular weight excluding hydrogens is 168 g/mol. The van der Waals surface area contributed by atoms with Crippen LogP contribution in [0.5, 0.6) is 0 Å². The van der Waals surface area contributed by atoms with Gasteiger partial charge in [-0.05, 0) is 41.9 Å². The molecule has 0 aliphatic heterocycles. The van der Waals surface area contributed by atoms with E-state index < -0.39 is 0 Å². The summed E-state index contributed by atoms with van der Waals surface area (Å²) in [4.78, 5) is 0. The Morgan fingerprint density at radius 1 is 1.00 bits per heavy atom. The Hall–Kier alpha value is 0. The normalized spacial score (nSPS) is 50.6. The number of rotatable bonds is 4. The van der Waals surface area contributed by atoms with Gasteiger partial charge in [-0.1, -0.05) is 47.0 Å². The third kappa shape index (κ3) is 1.12. The zero-order chi connectivity index (χ0) is 10.4. The van der Waals surface area contributed by atoms with Gasteiger partial charge in [-0.3, -0.25) is 0 Å². The summed E-state index contributed by atoms with van der Waals surface area (Å²) < 4.78 is 0. The highest BCUT2D eigenvalue weighted by Gasteiger charge is 2.64. The predicted octanol–water partition coefficient (Wildman–Crippen LogP) is 4.64. The molecule has 0 bridgehead atoms. The van der Waals surface area contributed by atoms with E-state index in [1.165, 1.54) is 32.1 Å². The first-order valence-electron chi connectivity index (χ1n) is 6.62. The molecule has 82 valence electrons. The Kier molecular flexibility index (Phi) is 2.44. The van der Waals surface area contributed by atoms with Gasteiger partial charge in [0.05, 0.1) is 0 Å². The van der Waals surface area contributed by atoms with Crippen molar-refractivity contribution >= 4 is 0 Å². The first-order valence-corrected chi connectivity index (χ1v) is 6.62. The number of fused-ring (bicyclic) bond motifs is 1. The summed E-state index contributed by atoms with van der Waals surface area (Å²) in [6, 6.07) is 0. The van der Waals surface area contributed by atoms with Crippen LogP contribution in [0.4, 0.5) is 0 Å². The first kappa shape index (κ1) is 10.5. The molecule has 0 aromatic carbocycles. The van der Waals surface area contributed by atoms with Crippen LogP contribution in [0.15, 0.2) is 0 Å². The van der Waals surface area contributed by atoms with Gasteiger partial charge in [0.1, 0.15) is 0 Å². The lowest BCUT2D eigenvalue weighted by Crippen LogP contribution is -2.63. The average Bonchev–Trinajstić information content (AvgIpc) is 2.20. The molecule has 0 radical (unpaired) electrons. The smallest absolute Gasteiger partial charge is 0.0266 e. The van der Waals surface area contributed by atoms with Crippen LogP contribution in [-0.4, -0.2) is 0 Å². The summed E-state index contributed by atoms with van der Waals surface area (Å²) in [5.74, 6) is 2.20. The monoisotopic (exact) mass is 194 g/mol. The SMILES string of the molecule is CCCC1(CC)CC2C1CC2(C)CC. The van der Waals surface area contributed by atoms with Crippen molar-refractivity contribution < 1.29 is 0 Å². The molecule has 2 saturated carbocycles. The summed E-state index contributed by atoms with van der Waals surface area (Å²) >= 11 is 0. The van der Waals surface area contributed by atoms with E-state index in [0.717, 1.165) is 22.7 Å². The van der Waals surface area contributed by atoms with Gasteiger partial charge in [-0.25, -0.2) is 0 Å². The minimum Gasteiger partial charge on any atom is -0.0654 e. The van der Waals surface area contributed by atoms with Gasteiger partial charge in [-0.2, -0.15) is 0 Å². The topological polar surface area (TPSA) is 0 Å². The standard InChI is InChI=1S/C14H26/c1-5-8-14(7-3)10-11-12(14)9-13(11,4)6-2/h11-12H,5-10H2,1-4H3. The Morgan fingerprint density at radius 3 is 2.07 bits per heavy atom. The van der Waals surface area contributed by atoms with Crippen LogP contribution in [0.25, 0.3) is 0 Å². The van der Waals surface area contributed by atoms with E-state index in [1.807, 2.05) is 0 Å². The van der Waals surface area contributed by atoms with Crippen LogP contribution in [-0.2, 0) is 0 Å². The van der Waals surface area contributed by atoms with Crippen molar-refractivity contribution in [2.75, 3.05) is 0 Å². The Bertz CT molecular complexity index is 220. The Morgan fingerprint density at radius 2 is 1.71 bits per heavy atom. The highest BCUT2D eigenvalue weighted by molar-refractivity contribution is 5.14. The van der Waals surface area contributed by atoms with Crippen molar-refractivity contribution in [3.8, 4) is 0 Å². The lowest BCUT2D eigenvalue weighted by atomic mass is 9.34. The van der Waals surface area contributed by atoms with E-state index in [9.17, 15) is 0 Å². The summed E-state index contributed by atoms with van der Waals surface area (Å²) in [7, 11) is 0. The second-order valence-corrected chi connectivity index (χ2v) is 6.09. The van der Waals surface area contributed by atoms with E-state index in [4.69, 9.17) is 0 Å². The van der Waals surface area contributed by atoms with Crippen molar-refractivity contribution in [3.63, 3.8) is 0 Å². The molecule has 0 aromatic heterocycles. The molecule has 0 heteroatoms. The quantitative estimate of drug-likeness (QED) is 0.611. The molecule has 2 aliphatic rings. The number of hydrogen-bond acceptors (Lipinski definition) is 0. The lowest BCUT2D eigenvalue weighted by Gasteiger charge is -2.71. The third-order valence-electron chi connectivity index (χ3n) is 5.74. The van der Waals surface area contributed by atoms with Crippen molar-refractivity contribution in [2.45, 2.75) is 66.2 Å². The molecule has 4 unspecified atom stereocenters. The molecule has 14 heavy (non-hydrogen) atoms. The van der Waals surface area contributed by atoms with Crippen LogP contribution < -0.4 is 0 Å². The molecule has 2 rings (SSSR count). The molecular formula is C14H26. The van der Waals surface area contributed by atoms with Crippen molar-refractivity contribution in [3.05, 3.63) is 0 Å². The lowest BCUT2D eigenvalue weighted by molar-refractivity contribution is -0.217. The number of hydrogen-bond donors (Lipinski definition) is 0. The molecule has 0 heterocycles. The third-order valence-corrected chi connectivity index (χ3v) is 5.74. The van der Waals surface area contributed by atoms with Crippen LogP contribution in [0.2, 0.25) is 0 Å². The fraction of sp³-hybridized carbons (Fsp3) is 1.00. The van der Waals surface area contributed by atoms with Gasteiger partial charge in [0, 0.05) is 0 Å². The van der Waals surface area contributed by atoms with Crippen LogP contribution in [0.3, 0.4) is 0 Å². The van der Waals surface area contributed by atoms with E-state index in [2.05, 4.69) is 27.7 Å². The van der Waals surface area contributed by atoms with Crippen LogP contribution >= 0.6 is 0 Å². The highest BCUT2D eigenvalue weighted by atomic mass is 14.7. The predicted molar refractivity (Wildman–Crippen MR) is 62.2 cm³/mol. The molecule has 4 atom stereocenters. The highest BCUT2D eigenvalue weighted by Crippen LogP contribution is 2.73. The molecule has 0 saturated heterocycles. The molecule has 0 N–H and O–H groups in total. The maximum atomic E-state index is 2.51. The summed E-state index contributed by atoms with van der Waals surface area (Å²) in [5, 5.41) is 0. The minimum absolute atomic E-state index is 0.733. The summed E-state index contributed by atoms with van der Waals surface area (Å²) in [6.45, 7) is 9.65. The summed E-state index contributed by atoms with van der Waals surface area (Å²) in [6.07, 6.45) is 8.79. The second-order valence-electron chi connectivity index (χ2n) is 6.09. The fourth-order valence-corrected chi connectivity index (χ4v) is 4.36. The van der Waals surface area contributed by atoms with Crippen molar-refractivity contribution in [1.82, 2.24) is 0 Å². The Labute approximate surface area is 89.5 Å². The first-order chi connectivity index (χ1) is 6.62. The maximum absolute atomic E-state index is 2.51. The largest absolute Gasteiger partial charge is 0.0654 e. The second kappa shape index (κ2) is 3.25. The molecule has 0 amide bonds. The average molecular weight is 194 g/mol. The zero-order valence-electron chi connectivity index (χ0n) is 10.4. The molecule has 0 spiro atoms. The Balaban J connectivity index is 1.99. The fourth-order valence-electron chi connectivity index (χ4n) is 4.36. The van der Waals surface area contributed by atoms with Gasteiger partial charge in [0.15, 0.2) is 0 Å². The van der Waals surface area contributed by atoms with Crippen molar-refractivity contribution in [2.24, 2.45) is 22.7 Å². The minimum atomic E-state index is 0.733. The van der Waals surface area contributed by atoms with Crippen molar-refractivity contribution in [1.29, 1.82) is 0 Å².